The van der Waals surface area contributed by atoms with Gasteiger partial charge >= 0.3 is 0 Å². The molecule has 0 atom stereocenters. The smallest absolute Gasteiger partial charge is 0.216 e. The van der Waals surface area contributed by atoms with Crippen LogP contribution >= 0.6 is 11.8 Å². The molecule has 8 heteroatoms. The Kier molecular flexibility index (Phi) is 2.35. The molecular weight excluding hydrogens is 202 g/mol. The molecule has 0 spiro atoms. The van der Waals surface area contributed by atoms with E-state index in [9.17, 15) is 0 Å². The molecule has 0 amide bonds. The van der Waals surface area contributed by atoms with Crippen molar-refractivity contribution in [3.63, 3.8) is 0 Å². The highest BCUT2D eigenvalue weighted by atomic mass is 32.2. The predicted octanol–water partition coefficient (Wildman–Crippen LogP) is -0.192. The van der Waals surface area contributed by atoms with Crippen LogP contribution in [0.1, 0.15) is 5.82 Å². The van der Waals surface area contributed by atoms with Crippen molar-refractivity contribution in [2.75, 3.05) is 5.73 Å². The average Bonchev–Trinajstić information content (AvgIpc) is 2.72. The highest BCUT2D eigenvalue weighted by Crippen LogP contribution is 2.17. The van der Waals surface area contributed by atoms with Crippen LogP contribution in [0.25, 0.3) is 0 Å². The fourth-order valence-corrected chi connectivity index (χ4v) is 1.70. The van der Waals surface area contributed by atoms with Gasteiger partial charge in [-0.25, -0.2) is 10.1 Å². The summed E-state index contributed by atoms with van der Waals surface area (Å²) in [6.45, 7) is 0. The van der Waals surface area contributed by atoms with Gasteiger partial charge in [0.1, 0.15) is 12.2 Å². The number of aryl methyl sites for hydroxylation is 1. The van der Waals surface area contributed by atoms with E-state index in [0.717, 1.165) is 5.82 Å². The fraction of sp³-hybridized carbons (Fsp3) is 0.333. The van der Waals surface area contributed by atoms with Crippen LogP contribution in [0.5, 0.6) is 0 Å². The summed E-state index contributed by atoms with van der Waals surface area (Å²) in [5, 5.41) is 11.0. The van der Waals surface area contributed by atoms with Crippen molar-refractivity contribution in [3.05, 3.63) is 12.2 Å². The first-order chi connectivity index (χ1) is 6.75. The molecule has 0 saturated carbocycles. The summed E-state index contributed by atoms with van der Waals surface area (Å²) in [6, 6.07) is 0. The van der Waals surface area contributed by atoms with Gasteiger partial charge < -0.3 is 5.73 Å². The van der Waals surface area contributed by atoms with E-state index in [0.29, 0.717) is 16.9 Å². The van der Waals surface area contributed by atoms with E-state index < -0.39 is 0 Å². The first kappa shape index (κ1) is 9.00. The first-order valence-corrected chi connectivity index (χ1v) is 4.88. The number of rotatable bonds is 3. The maximum Gasteiger partial charge on any atom is 0.216 e. The molecule has 7 nitrogen and oxygen atoms in total. The normalized spacial score (nSPS) is 10.6. The highest BCUT2D eigenvalue weighted by Gasteiger charge is 2.04. The number of thioether (sulfide) groups is 1. The minimum absolute atomic E-state index is 0.325. The molecule has 0 saturated heterocycles. The third kappa shape index (κ3) is 1.84. The second kappa shape index (κ2) is 3.66. The molecule has 2 aromatic heterocycles. The lowest BCUT2D eigenvalue weighted by Gasteiger charge is -1.95. The van der Waals surface area contributed by atoms with Crippen molar-refractivity contribution in [1.82, 2.24) is 29.9 Å². The topological polar surface area (TPSA) is 98.3 Å². The monoisotopic (exact) mass is 211 g/mol. The van der Waals surface area contributed by atoms with E-state index >= 15 is 0 Å². The SMILES string of the molecule is Cn1ncnc1CSc1n[nH]c(N)n1. The maximum atomic E-state index is 5.38. The highest BCUT2D eigenvalue weighted by molar-refractivity contribution is 7.98. The van der Waals surface area contributed by atoms with Gasteiger partial charge in [-0.1, -0.05) is 11.8 Å². The average molecular weight is 211 g/mol. The van der Waals surface area contributed by atoms with E-state index in [1.807, 2.05) is 7.05 Å². The summed E-state index contributed by atoms with van der Waals surface area (Å²) in [5.74, 6) is 1.87. The molecule has 0 unspecified atom stereocenters. The number of aromatic nitrogens is 6. The molecule has 2 rings (SSSR count). The lowest BCUT2D eigenvalue weighted by molar-refractivity contribution is 0.729. The molecule has 0 aliphatic carbocycles. The molecule has 2 heterocycles. The Bertz CT molecular complexity index is 419. The van der Waals surface area contributed by atoms with Crippen molar-refractivity contribution in [3.8, 4) is 0 Å². The van der Waals surface area contributed by atoms with Crippen LogP contribution in [0.3, 0.4) is 0 Å². The molecule has 14 heavy (non-hydrogen) atoms. The number of aromatic amines is 1. The third-order valence-electron chi connectivity index (χ3n) is 1.62. The standard InChI is InChI=1S/C6H9N7S/c1-13-4(8-3-9-13)2-14-6-10-5(7)11-12-6/h3H,2H2,1H3,(H3,7,10,11,12). The van der Waals surface area contributed by atoms with Gasteiger partial charge in [0, 0.05) is 7.05 Å². The van der Waals surface area contributed by atoms with Gasteiger partial charge in [0.2, 0.25) is 11.1 Å². The molecule has 0 radical (unpaired) electrons. The minimum atomic E-state index is 0.325. The van der Waals surface area contributed by atoms with Crippen molar-refractivity contribution >= 4 is 17.7 Å². The summed E-state index contributed by atoms with van der Waals surface area (Å²) >= 11 is 1.46. The van der Waals surface area contributed by atoms with Crippen LogP contribution in [0.15, 0.2) is 11.5 Å². The number of H-pyrrole nitrogens is 1. The van der Waals surface area contributed by atoms with Crippen LogP contribution in [-0.4, -0.2) is 29.9 Å². The quantitative estimate of drug-likeness (QED) is 0.683. The molecule has 0 aliphatic heterocycles. The Morgan fingerprint density at radius 1 is 1.64 bits per heavy atom. The molecule has 2 aromatic rings. The largest absolute Gasteiger partial charge is 0.368 e. The summed E-state index contributed by atoms with van der Waals surface area (Å²) < 4.78 is 1.71. The number of nitrogens with one attached hydrogen (secondary N) is 1. The van der Waals surface area contributed by atoms with E-state index in [2.05, 4.69) is 25.3 Å². The second-order valence-corrected chi connectivity index (χ2v) is 3.53. The Morgan fingerprint density at radius 2 is 2.50 bits per heavy atom. The zero-order chi connectivity index (χ0) is 9.97. The number of nitrogen functional groups attached to an aromatic ring is 1. The van der Waals surface area contributed by atoms with Crippen molar-refractivity contribution < 1.29 is 0 Å². The minimum Gasteiger partial charge on any atom is -0.368 e. The molecular formula is C6H9N7S. The fourth-order valence-electron chi connectivity index (χ4n) is 0.903. The Balaban J connectivity index is 1.98. The summed E-state index contributed by atoms with van der Waals surface area (Å²) in [5.41, 5.74) is 5.38. The van der Waals surface area contributed by atoms with E-state index in [-0.39, 0.29) is 0 Å². The zero-order valence-corrected chi connectivity index (χ0v) is 8.32. The molecule has 0 bridgehead atoms. The Morgan fingerprint density at radius 3 is 3.07 bits per heavy atom. The lowest BCUT2D eigenvalue weighted by Crippen LogP contribution is -1.97. The van der Waals surface area contributed by atoms with Gasteiger partial charge in [-0.3, -0.25) is 4.68 Å². The van der Waals surface area contributed by atoms with Gasteiger partial charge in [0.05, 0.1) is 5.75 Å². The number of nitrogens with zero attached hydrogens (tertiary/aromatic N) is 5. The maximum absolute atomic E-state index is 5.38. The summed E-state index contributed by atoms with van der Waals surface area (Å²) in [4.78, 5) is 8.03. The van der Waals surface area contributed by atoms with E-state index in [1.165, 1.54) is 18.1 Å². The van der Waals surface area contributed by atoms with Crippen LogP contribution in [-0.2, 0) is 12.8 Å². The number of anilines is 1. The summed E-state index contributed by atoms with van der Waals surface area (Å²) in [6.07, 6.45) is 1.52. The van der Waals surface area contributed by atoms with E-state index in [1.54, 1.807) is 4.68 Å². The number of nitrogens with two attached hydrogens (primary N) is 1. The molecule has 3 N–H and O–H groups in total. The van der Waals surface area contributed by atoms with Crippen molar-refractivity contribution in [2.45, 2.75) is 10.9 Å². The lowest BCUT2D eigenvalue weighted by atomic mass is 10.7. The van der Waals surface area contributed by atoms with Crippen LogP contribution < -0.4 is 5.73 Å². The number of hydrogen-bond acceptors (Lipinski definition) is 6. The van der Waals surface area contributed by atoms with Crippen LogP contribution in [0, 0.1) is 0 Å². The molecule has 74 valence electrons. The molecule has 0 fully saturated rings. The first-order valence-electron chi connectivity index (χ1n) is 3.89. The van der Waals surface area contributed by atoms with Gasteiger partial charge in [0.25, 0.3) is 0 Å². The van der Waals surface area contributed by atoms with Crippen LogP contribution in [0.4, 0.5) is 5.95 Å². The number of hydrogen-bond donors (Lipinski definition) is 2. The van der Waals surface area contributed by atoms with Gasteiger partial charge in [-0.15, -0.1) is 5.10 Å². The van der Waals surface area contributed by atoms with E-state index in [4.69, 9.17) is 5.73 Å². The van der Waals surface area contributed by atoms with Crippen molar-refractivity contribution in [2.24, 2.45) is 7.05 Å². The summed E-state index contributed by atoms with van der Waals surface area (Å²) in [7, 11) is 1.84. The van der Waals surface area contributed by atoms with Gasteiger partial charge in [0.15, 0.2) is 0 Å². The van der Waals surface area contributed by atoms with Crippen LogP contribution in [0.2, 0.25) is 0 Å². The third-order valence-corrected chi connectivity index (χ3v) is 2.46. The van der Waals surface area contributed by atoms with Gasteiger partial charge in [-0.2, -0.15) is 10.1 Å². The molecule has 0 aromatic carbocycles. The molecule has 0 aliphatic rings. The van der Waals surface area contributed by atoms with Gasteiger partial charge in [-0.05, 0) is 0 Å². The zero-order valence-electron chi connectivity index (χ0n) is 7.51. The van der Waals surface area contributed by atoms with Crippen molar-refractivity contribution in [1.29, 1.82) is 0 Å². The predicted molar refractivity (Wildman–Crippen MR) is 51.4 cm³/mol. The Labute approximate surface area is 84.1 Å². The second-order valence-electron chi connectivity index (χ2n) is 2.59. The Hall–Kier alpha value is -1.57.